The first-order valence-electron chi connectivity index (χ1n) is 6.64. The topological polar surface area (TPSA) is 29.5 Å². The summed E-state index contributed by atoms with van der Waals surface area (Å²) in [5, 5.41) is 10.7. The molecule has 0 atom stereocenters. The first kappa shape index (κ1) is 13.6. The highest BCUT2D eigenvalue weighted by atomic mass is 32.1. The molecule has 0 unspecified atom stereocenters. The van der Waals surface area contributed by atoms with Crippen molar-refractivity contribution in [3.8, 4) is 11.8 Å². The fraction of sp³-hybridized carbons (Fsp3) is 0.600. The maximum Gasteiger partial charge on any atom is 0.0821 e. The van der Waals surface area contributed by atoms with E-state index in [9.17, 15) is 0 Å². The Bertz CT molecular complexity index is 410. The molecule has 0 saturated heterocycles. The van der Waals surface area contributed by atoms with Crippen LogP contribution in [0.2, 0.25) is 0 Å². The van der Waals surface area contributed by atoms with Crippen LogP contribution in [0, 0.1) is 17.8 Å². The van der Waals surface area contributed by atoms with Crippen LogP contribution in [0.5, 0.6) is 0 Å². The Morgan fingerprint density at radius 2 is 2.33 bits per heavy atom. The third kappa shape index (κ3) is 4.13. The van der Waals surface area contributed by atoms with E-state index in [0.717, 1.165) is 18.1 Å². The van der Waals surface area contributed by atoms with Gasteiger partial charge in [-0.1, -0.05) is 31.1 Å². The number of thiophene rings is 1. The molecule has 18 heavy (non-hydrogen) atoms. The van der Waals surface area contributed by atoms with Crippen LogP contribution >= 0.6 is 11.3 Å². The smallest absolute Gasteiger partial charge is 0.0821 e. The Hall–Kier alpha value is -0.820. The molecule has 0 bridgehead atoms. The highest BCUT2D eigenvalue weighted by Gasteiger charge is 2.16. The zero-order chi connectivity index (χ0) is 12.6. The highest BCUT2D eigenvalue weighted by molar-refractivity contribution is 7.10. The molecule has 98 valence electrons. The third-order valence-corrected chi connectivity index (χ3v) is 4.23. The Balaban J connectivity index is 1.71. The second kappa shape index (κ2) is 7.58. The van der Waals surface area contributed by atoms with E-state index in [4.69, 9.17) is 9.84 Å². The predicted molar refractivity (Wildman–Crippen MR) is 74.5 cm³/mol. The Morgan fingerprint density at radius 3 is 3.06 bits per heavy atom. The van der Waals surface area contributed by atoms with Crippen molar-refractivity contribution in [2.24, 2.45) is 5.92 Å². The molecule has 1 aliphatic carbocycles. The van der Waals surface area contributed by atoms with Crippen LogP contribution in [0.15, 0.2) is 11.4 Å². The van der Waals surface area contributed by atoms with Crippen molar-refractivity contribution in [1.29, 1.82) is 0 Å². The van der Waals surface area contributed by atoms with E-state index in [2.05, 4.69) is 11.8 Å². The monoisotopic (exact) mass is 264 g/mol. The normalized spacial score (nSPS) is 14.9. The van der Waals surface area contributed by atoms with Gasteiger partial charge < -0.3 is 9.84 Å². The quantitative estimate of drug-likeness (QED) is 0.631. The van der Waals surface area contributed by atoms with Crippen molar-refractivity contribution in [3.05, 3.63) is 21.9 Å². The zero-order valence-corrected chi connectivity index (χ0v) is 11.5. The number of hydrogen-bond donors (Lipinski definition) is 1. The predicted octanol–water partition coefficient (Wildman–Crippen LogP) is 3.19. The first-order valence-corrected chi connectivity index (χ1v) is 7.52. The summed E-state index contributed by atoms with van der Waals surface area (Å²) in [4.78, 5) is 1.20. The molecule has 1 fully saturated rings. The van der Waals surface area contributed by atoms with E-state index in [1.54, 1.807) is 11.3 Å². The van der Waals surface area contributed by atoms with Gasteiger partial charge in [0.25, 0.3) is 0 Å². The molecule has 0 aromatic carbocycles. The van der Waals surface area contributed by atoms with E-state index >= 15 is 0 Å². The van der Waals surface area contributed by atoms with Gasteiger partial charge in [-0.3, -0.25) is 0 Å². The summed E-state index contributed by atoms with van der Waals surface area (Å²) in [7, 11) is 0. The van der Waals surface area contributed by atoms with Crippen LogP contribution in [0.1, 0.15) is 42.5 Å². The SMILES string of the molecule is OCCC#Cc1ccsc1COCCC1CCC1. The molecule has 2 nitrogen and oxygen atoms in total. The molecule has 1 heterocycles. The van der Waals surface area contributed by atoms with E-state index in [0.29, 0.717) is 13.0 Å². The molecule has 1 aliphatic rings. The molecule has 1 aromatic heterocycles. The average molecular weight is 264 g/mol. The minimum absolute atomic E-state index is 0.129. The minimum atomic E-state index is 0.129. The van der Waals surface area contributed by atoms with Crippen LogP contribution in [0.25, 0.3) is 0 Å². The summed E-state index contributed by atoms with van der Waals surface area (Å²) in [6.07, 6.45) is 5.93. The Labute approximate surface area is 113 Å². The molecule has 1 aromatic rings. The van der Waals surface area contributed by atoms with Crippen LogP contribution in [0.4, 0.5) is 0 Å². The second-order valence-corrected chi connectivity index (χ2v) is 5.67. The molecule has 1 N–H and O–H groups in total. The van der Waals surface area contributed by atoms with Crippen molar-refractivity contribution in [2.75, 3.05) is 13.2 Å². The summed E-state index contributed by atoms with van der Waals surface area (Å²) in [5.41, 5.74) is 1.05. The molecular formula is C15H20O2S. The van der Waals surface area contributed by atoms with Gasteiger partial charge in [-0.25, -0.2) is 0 Å². The van der Waals surface area contributed by atoms with Gasteiger partial charge in [-0.05, 0) is 23.8 Å². The lowest BCUT2D eigenvalue weighted by atomic mass is 9.83. The van der Waals surface area contributed by atoms with Crippen molar-refractivity contribution >= 4 is 11.3 Å². The van der Waals surface area contributed by atoms with E-state index in [1.165, 1.54) is 30.6 Å². The van der Waals surface area contributed by atoms with Crippen molar-refractivity contribution in [3.63, 3.8) is 0 Å². The summed E-state index contributed by atoms with van der Waals surface area (Å²) in [6.45, 7) is 1.67. The fourth-order valence-corrected chi connectivity index (χ4v) is 2.74. The lowest BCUT2D eigenvalue weighted by molar-refractivity contribution is 0.0965. The summed E-state index contributed by atoms with van der Waals surface area (Å²) < 4.78 is 5.72. The molecular weight excluding hydrogens is 244 g/mol. The minimum Gasteiger partial charge on any atom is -0.395 e. The maximum absolute atomic E-state index is 8.69. The van der Waals surface area contributed by atoms with Gasteiger partial charge in [0.05, 0.1) is 13.2 Å². The van der Waals surface area contributed by atoms with Crippen molar-refractivity contribution in [1.82, 2.24) is 0 Å². The van der Waals surface area contributed by atoms with Gasteiger partial charge >= 0.3 is 0 Å². The van der Waals surface area contributed by atoms with E-state index in [1.807, 2.05) is 11.4 Å². The van der Waals surface area contributed by atoms with Gasteiger partial charge in [0, 0.05) is 23.5 Å². The van der Waals surface area contributed by atoms with Gasteiger partial charge in [-0.2, -0.15) is 0 Å². The Kier molecular flexibility index (Phi) is 5.73. The van der Waals surface area contributed by atoms with Gasteiger partial charge in [0.1, 0.15) is 0 Å². The van der Waals surface area contributed by atoms with Gasteiger partial charge in [0.2, 0.25) is 0 Å². The van der Waals surface area contributed by atoms with E-state index < -0.39 is 0 Å². The number of ether oxygens (including phenoxy) is 1. The number of aliphatic hydroxyl groups excluding tert-OH is 1. The highest BCUT2D eigenvalue weighted by Crippen LogP contribution is 2.29. The van der Waals surface area contributed by atoms with Crippen LogP contribution in [0.3, 0.4) is 0 Å². The Morgan fingerprint density at radius 1 is 1.44 bits per heavy atom. The molecule has 1 saturated carbocycles. The summed E-state index contributed by atoms with van der Waals surface area (Å²) >= 11 is 1.70. The number of hydrogen-bond acceptors (Lipinski definition) is 3. The lowest BCUT2D eigenvalue weighted by Crippen LogP contribution is -2.13. The lowest BCUT2D eigenvalue weighted by Gasteiger charge is -2.24. The maximum atomic E-state index is 8.69. The van der Waals surface area contributed by atoms with Gasteiger partial charge in [0.15, 0.2) is 0 Å². The fourth-order valence-electron chi connectivity index (χ4n) is 1.97. The van der Waals surface area contributed by atoms with E-state index in [-0.39, 0.29) is 6.61 Å². The van der Waals surface area contributed by atoms with Crippen LogP contribution in [-0.2, 0) is 11.3 Å². The molecule has 0 aliphatic heterocycles. The zero-order valence-electron chi connectivity index (χ0n) is 10.7. The summed E-state index contributed by atoms with van der Waals surface area (Å²) in [5.74, 6) is 6.96. The standard InChI is InChI=1S/C15H20O2S/c16-9-2-1-6-14-8-11-18-15(14)12-17-10-7-13-4-3-5-13/h8,11,13,16H,2-5,7,9-10,12H2. The van der Waals surface area contributed by atoms with Crippen LogP contribution < -0.4 is 0 Å². The molecule has 0 spiro atoms. The van der Waals surface area contributed by atoms with Gasteiger partial charge in [-0.15, -0.1) is 11.3 Å². The largest absolute Gasteiger partial charge is 0.395 e. The second-order valence-electron chi connectivity index (χ2n) is 4.67. The third-order valence-electron chi connectivity index (χ3n) is 3.33. The molecule has 2 rings (SSSR count). The first-order chi connectivity index (χ1) is 8.90. The van der Waals surface area contributed by atoms with Crippen molar-refractivity contribution in [2.45, 2.75) is 38.7 Å². The number of rotatable bonds is 6. The molecule has 3 heteroatoms. The van der Waals surface area contributed by atoms with Crippen molar-refractivity contribution < 1.29 is 9.84 Å². The number of aliphatic hydroxyl groups is 1. The average Bonchev–Trinajstić information content (AvgIpc) is 2.75. The van der Waals surface area contributed by atoms with Crippen LogP contribution in [-0.4, -0.2) is 18.3 Å². The molecule has 0 amide bonds. The molecule has 0 radical (unpaired) electrons. The summed E-state index contributed by atoms with van der Waals surface area (Å²) in [6, 6.07) is 2.03.